The molecule has 4 rings (SSSR count). The van der Waals surface area contributed by atoms with Crippen molar-refractivity contribution in [3.05, 3.63) is 69.9 Å². The van der Waals surface area contributed by atoms with E-state index in [0.717, 1.165) is 12.1 Å². The van der Waals surface area contributed by atoms with Gasteiger partial charge in [0.1, 0.15) is 5.76 Å². The lowest BCUT2D eigenvalue weighted by Gasteiger charge is -2.31. The summed E-state index contributed by atoms with van der Waals surface area (Å²) < 4.78 is 50.8. The molecular formula is C23H18Cl2F3N3O3S. The van der Waals surface area contributed by atoms with Crippen LogP contribution in [-0.4, -0.2) is 37.3 Å². The lowest BCUT2D eigenvalue weighted by atomic mass is 10.1. The van der Waals surface area contributed by atoms with E-state index in [1.165, 1.54) is 12.1 Å². The highest BCUT2D eigenvalue weighted by Gasteiger charge is 2.32. The average molecular weight is 544 g/mol. The topological polar surface area (TPSA) is 66.7 Å². The predicted octanol–water partition coefficient (Wildman–Crippen LogP) is 6.24. The van der Waals surface area contributed by atoms with Gasteiger partial charge in [-0.1, -0.05) is 23.2 Å². The van der Waals surface area contributed by atoms with Crippen molar-refractivity contribution in [3.8, 4) is 11.3 Å². The number of nitrogens with zero attached hydrogens (tertiary/aromatic N) is 1. The molecule has 1 amide bonds. The number of hydrogen-bond acceptors (Lipinski definition) is 5. The lowest BCUT2D eigenvalue weighted by molar-refractivity contribution is -0.137. The molecule has 0 atom stereocenters. The Kier molecular flexibility index (Phi) is 7.56. The number of morpholine rings is 1. The molecule has 2 heterocycles. The average Bonchev–Trinajstić information content (AvgIpc) is 3.31. The monoisotopic (exact) mass is 543 g/mol. The molecule has 0 radical (unpaired) electrons. The summed E-state index contributed by atoms with van der Waals surface area (Å²) in [4.78, 5) is 14.5. The molecule has 2 N–H and O–H groups in total. The van der Waals surface area contributed by atoms with Gasteiger partial charge in [0.2, 0.25) is 0 Å². The van der Waals surface area contributed by atoms with Crippen LogP contribution in [0.25, 0.3) is 11.3 Å². The Morgan fingerprint density at radius 1 is 1.03 bits per heavy atom. The fraction of sp³-hybridized carbons (Fsp3) is 0.217. The van der Waals surface area contributed by atoms with E-state index in [1.54, 1.807) is 24.3 Å². The predicted molar refractivity (Wildman–Crippen MR) is 132 cm³/mol. The van der Waals surface area contributed by atoms with Gasteiger partial charge in [0.25, 0.3) is 5.91 Å². The Balaban J connectivity index is 1.51. The molecule has 6 nitrogen and oxygen atoms in total. The molecule has 1 aliphatic heterocycles. The maximum absolute atomic E-state index is 13.3. The summed E-state index contributed by atoms with van der Waals surface area (Å²) in [6.45, 7) is 1.89. The van der Waals surface area contributed by atoms with Crippen molar-refractivity contribution in [1.82, 2.24) is 5.32 Å². The first-order valence-corrected chi connectivity index (χ1v) is 11.5. The van der Waals surface area contributed by atoms with Gasteiger partial charge in [-0.3, -0.25) is 10.1 Å². The zero-order valence-corrected chi connectivity index (χ0v) is 20.2. The number of nitrogens with one attached hydrogen (secondary N) is 2. The highest BCUT2D eigenvalue weighted by Crippen LogP contribution is 2.36. The quantitative estimate of drug-likeness (QED) is 0.380. The lowest BCUT2D eigenvalue weighted by Crippen LogP contribution is -2.38. The minimum absolute atomic E-state index is 0.0716. The number of anilines is 2. The zero-order chi connectivity index (χ0) is 25.2. The standard InChI is InChI=1S/C23H18Cl2F3N3O3S/c24-14-2-3-16(25)15(12-14)19-5-6-20(34-19)21(32)30-22(35)29-17-11-13(23(26,27)28)1-4-18(17)31-7-9-33-10-8-31/h1-6,11-12H,7-10H2,(H2,29,30,32,35). The molecule has 1 aliphatic rings. The fourth-order valence-corrected chi connectivity index (χ4v) is 4.09. The van der Waals surface area contributed by atoms with Crippen LogP contribution in [0.1, 0.15) is 16.1 Å². The highest BCUT2D eigenvalue weighted by atomic mass is 35.5. The summed E-state index contributed by atoms with van der Waals surface area (Å²) >= 11 is 17.4. The van der Waals surface area contributed by atoms with E-state index in [0.29, 0.717) is 53.4 Å². The van der Waals surface area contributed by atoms with Crippen molar-refractivity contribution in [3.63, 3.8) is 0 Å². The summed E-state index contributed by atoms with van der Waals surface area (Å²) in [7, 11) is 0. The van der Waals surface area contributed by atoms with Gasteiger partial charge in [-0.25, -0.2) is 0 Å². The molecule has 0 bridgehead atoms. The molecule has 1 aromatic heterocycles. The number of hydrogen-bond donors (Lipinski definition) is 2. The van der Waals surface area contributed by atoms with Gasteiger partial charge < -0.3 is 19.4 Å². The van der Waals surface area contributed by atoms with Crippen LogP contribution in [-0.2, 0) is 10.9 Å². The van der Waals surface area contributed by atoms with Crippen molar-refractivity contribution in [2.45, 2.75) is 6.18 Å². The number of halogens is 5. The van der Waals surface area contributed by atoms with E-state index >= 15 is 0 Å². The van der Waals surface area contributed by atoms with E-state index in [1.807, 2.05) is 4.90 Å². The molecule has 12 heteroatoms. The van der Waals surface area contributed by atoms with Crippen molar-refractivity contribution >= 4 is 57.8 Å². The summed E-state index contributed by atoms with van der Waals surface area (Å²) in [5.74, 6) is -0.446. The zero-order valence-electron chi connectivity index (χ0n) is 17.9. The minimum Gasteiger partial charge on any atom is -0.451 e. The van der Waals surface area contributed by atoms with Gasteiger partial charge in [-0.2, -0.15) is 13.2 Å². The highest BCUT2D eigenvalue weighted by molar-refractivity contribution is 7.80. The molecule has 35 heavy (non-hydrogen) atoms. The van der Waals surface area contributed by atoms with Crippen LogP contribution in [0.5, 0.6) is 0 Å². The molecular weight excluding hydrogens is 526 g/mol. The summed E-state index contributed by atoms with van der Waals surface area (Å²) in [6.07, 6.45) is -4.54. The molecule has 1 fully saturated rings. The number of amides is 1. The normalized spacial score (nSPS) is 14.0. The van der Waals surface area contributed by atoms with E-state index in [-0.39, 0.29) is 16.6 Å². The van der Waals surface area contributed by atoms with Gasteiger partial charge in [-0.15, -0.1) is 0 Å². The maximum atomic E-state index is 13.3. The maximum Gasteiger partial charge on any atom is 0.416 e. The third kappa shape index (κ3) is 6.07. The second-order valence-corrected chi connectivity index (χ2v) is 8.78. The van der Waals surface area contributed by atoms with Crippen LogP contribution < -0.4 is 15.5 Å². The van der Waals surface area contributed by atoms with E-state index in [9.17, 15) is 18.0 Å². The molecule has 1 saturated heterocycles. The Morgan fingerprint density at radius 3 is 2.49 bits per heavy atom. The molecule has 3 aromatic rings. The fourth-order valence-electron chi connectivity index (χ4n) is 3.50. The third-order valence-electron chi connectivity index (χ3n) is 5.17. The SMILES string of the molecule is O=C(NC(=S)Nc1cc(C(F)(F)F)ccc1N1CCOCC1)c1ccc(-c2cc(Cl)ccc2Cl)o1. The number of ether oxygens (including phenoxy) is 1. The third-order valence-corrected chi connectivity index (χ3v) is 5.94. The number of benzene rings is 2. The van der Waals surface area contributed by atoms with Crippen LogP contribution in [0.3, 0.4) is 0 Å². The molecule has 0 spiro atoms. The van der Waals surface area contributed by atoms with Gasteiger partial charge in [0.15, 0.2) is 10.9 Å². The first-order chi connectivity index (χ1) is 16.6. The Bertz CT molecular complexity index is 1260. The smallest absolute Gasteiger partial charge is 0.416 e. The second kappa shape index (κ2) is 10.4. The van der Waals surface area contributed by atoms with Crippen molar-refractivity contribution in [1.29, 1.82) is 0 Å². The number of rotatable bonds is 4. The number of alkyl halides is 3. The van der Waals surface area contributed by atoms with Crippen LogP contribution in [0.15, 0.2) is 52.9 Å². The van der Waals surface area contributed by atoms with Crippen LogP contribution in [0.4, 0.5) is 24.5 Å². The van der Waals surface area contributed by atoms with Crippen molar-refractivity contribution in [2.75, 3.05) is 36.5 Å². The number of furan rings is 1. The Labute approximate surface area is 213 Å². The van der Waals surface area contributed by atoms with Crippen molar-refractivity contribution in [2.24, 2.45) is 0 Å². The van der Waals surface area contributed by atoms with Crippen LogP contribution in [0.2, 0.25) is 10.0 Å². The van der Waals surface area contributed by atoms with E-state index in [4.69, 9.17) is 44.6 Å². The van der Waals surface area contributed by atoms with Crippen LogP contribution in [0, 0.1) is 0 Å². The largest absolute Gasteiger partial charge is 0.451 e. The molecule has 184 valence electrons. The van der Waals surface area contributed by atoms with Gasteiger partial charge in [-0.05, 0) is 60.7 Å². The number of carbonyl (C=O) groups excluding carboxylic acids is 1. The second-order valence-electron chi connectivity index (χ2n) is 7.53. The number of carbonyl (C=O) groups is 1. The minimum atomic E-state index is -4.54. The van der Waals surface area contributed by atoms with Crippen molar-refractivity contribution < 1.29 is 27.1 Å². The van der Waals surface area contributed by atoms with Gasteiger partial charge in [0.05, 0.1) is 35.2 Å². The van der Waals surface area contributed by atoms with Crippen LogP contribution >= 0.6 is 35.4 Å². The summed E-state index contributed by atoms with van der Waals surface area (Å²) in [5, 5.41) is 5.77. The van der Waals surface area contributed by atoms with Gasteiger partial charge >= 0.3 is 6.18 Å². The first kappa shape index (κ1) is 25.3. The molecule has 2 aromatic carbocycles. The van der Waals surface area contributed by atoms with E-state index < -0.39 is 17.6 Å². The Hall–Kier alpha value is -2.79. The first-order valence-electron chi connectivity index (χ1n) is 10.3. The molecule has 0 aliphatic carbocycles. The Morgan fingerprint density at radius 2 is 1.77 bits per heavy atom. The molecule has 0 unspecified atom stereocenters. The molecule has 0 saturated carbocycles. The van der Waals surface area contributed by atoms with Gasteiger partial charge in [0, 0.05) is 23.7 Å². The summed E-state index contributed by atoms with van der Waals surface area (Å²) in [6, 6.07) is 11.1. The number of thiocarbonyl (C=S) groups is 1. The summed E-state index contributed by atoms with van der Waals surface area (Å²) in [5.41, 5.74) is 0.268. The van der Waals surface area contributed by atoms with E-state index in [2.05, 4.69) is 10.6 Å².